The molecule has 0 radical (unpaired) electrons. The third-order valence-electron chi connectivity index (χ3n) is 5.34. The Morgan fingerprint density at radius 3 is 2.82 bits per heavy atom. The van der Waals surface area contributed by atoms with Gasteiger partial charge < -0.3 is 19.5 Å². The average molecular weight is 371 g/mol. The van der Waals surface area contributed by atoms with Gasteiger partial charge in [-0.05, 0) is 55.0 Å². The molecule has 0 spiro atoms. The Morgan fingerprint density at radius 1 is 1.14 bits per heavy atom. The number of aryl methyl sites for hydroxylation is 1. The first-order valence-electron chi connectivity index (χ1n) is 9.37. The van der Waals surface area contributed by atoms with Crippen LogP contribution in [0.1, 0.15) is 23.8 Å². The van der Waals surface area contributed by atoms with Gasteiger partial charge in [0.15, 0.2) is 5.76 Å². The van der Waals surface area contributed by atoms with Crippen LogP contribution in [0, 0.1) is 6.92 Å². The lowest BCUT2D eigenvalue weighted by atomic mass is 10.0. The lowest BCUT2D eigenvalue weighted by Crippen LogP contribution is -2.13. The fourth-order valence-electron chi connectivity index (χ4n) is 3.76. The number of aromatic amines is 1. The van der Waals surface area contributed by atoms with Crippen LogP contribution in [0.15, 0.2) is 64.1 Å². The van der Waals surface area contributed by atoms with Gasteiger partial charge in [-0.3, -0.25) is 4.99 Å². The predicted octanol–water partition coefficient (Wildman–Crippen LogP) is 6.00. The first kappa shape index (κ1) is 16.7. The van der Waals surface area contributed by atoms with Gasteiger partial charge in [-0.1, -0.05) is 0 Å². The Morgan fingerprint density at radius 2 is 2.00 bits per heavy atom. The molecule has 2 aromatic heterocycles. The Labute approximate surface area is 163 Å². The molecule has 5 rings (SSSR count). The fourth-order valence-corrected chi connectivity index (χ4v) is 3.76. The van der Waals surface area contributed by atoms with Gasteiger partial charge >= 0.3 is 0 Å². The summed E-state index contributed by atoms with van der Waals surface area (Å²) in [6.07, 6.45) is 4.71. The quantitative estimate of drug-likeness (QED) is 0.462. The summed E-state index contributed by atoms with van der Waals surface area (Å²) in [5.41, 5.74) is 5.38. The molecule has 0 amide bonds. The van der Waals surface area contributed by atoms with Gasteiger partial charge in [0.1, 0.15) is 17.2 Å². The van der Waals surface area contributed by atoms with Crippen molar-refractivity contribution in [2.24, 2.45) is 4.99 Å². The maximum atomic E-state index is 6.24. The Balaban J connectivity index is 1.47. The molecule has 0 aliphatic carbocycles. The van der Waals surface area contributed by atoms with E-state index < -0.39 is 0 Å². The molecule has 28 heavy (non-hydrogen) atoms. The second-order valence-corrected chi connectivity index (χ2v) is 7.01. The number of aliphatic imine (C=N–C) groups is 1. The van der Waals surface area contributed by atoms with Crippen LogP contribution >= 0.6 is 0 Å². The number of nitrogens with one attached hydrogen (secondary N) is 2. The molecule has 1 aliphatic heterocycles. The summed E-state index contributed by atoms with van der Waals surface area (Å²) in [5.74, 6) is 2.52. The van der Waals surface area contributed by atoms with Crippen molar-refractivity contribution in [3.05, 3.63) is 66.1 Å². The van der Waals surface area contributed by atoms with E-state index >= 15 is 0 Å². The molecule has 1 unspecified atom stereocenters. The van der Waals surface area contributed by atoms with E-state index in [1.807, 2.05) is 42.7 Å². The lowest BCUT2D eigenvalue weighted by molar-refractivity contribution is 0.415. The number of aromatic nitrogens is 1. The van der Waals surface area contributed by atoms with E-state index in [1.165, 1.54) is 10.9 Å². The van der Waals surface area contributed by atoms with E-state index in [1.54, 1.807) is 7.11 Å². The summed E-state index contributed by atoms with van der Waals surface area (Å²) in [6.45, 7) is 2.14. The SMILES string of the molecule is COc1ccc(-c2cc3c(o2)C(Nc2ccc4[nH]ccc4c2C)CC=N3)cc1. The van der Waals surface area contributed by atoms with Crippen molar-refractivity contribution in [2.75, 3.05) is 12.4 Å². The molecule has 0 saturated heterocycles. The van der Waals surface area contributed by atoms with Crippen LogP contribution in [-0.2, 0) is 0 Å². The van der Waals surface area contributed by atoms with Gasteiger partial charge in [0.25, 0.3) is 0 Å². The normalized spacial score (nSPS) is 15.6. The monoisotopic (exact) mass is 371 g/mol. The highest BCUT2D eigenvalue weighted by atomic mass is 16.5. The summed E-state index contributed by atoms with van der Waals surface area (Å²) < 4.78 is 11.5. The van der Waals surface area contributed by atoms with E-state index in [9.17, 15) is 0 Å². The number of hydrogen-bond acceptors (Lipinski definition) is 4. The van der Waals surface area contributed by atoms with Crippen molar-refractivity contribution >= 4 is 28.5 Å². The van der Waals surface area contributed by atoms with E-state index in [0.717, 1.165) is 46.1 Å². The maximum Gasteiger partial charge on any atom is 0.152 e. The molecule has 4 aromatic rings. The minimum absolute atomic E-state index is 0.0505. The highest BCUT2D eigenvalue weighted by Gasteiger charge is 2.24. The molecule has 1 atom stereocenters. The van der Waals surface area contributed by atoms with Gasteiger partial charge in [0.2, 0.25) is 0 Å². The third-order valence-corrected chi connectivity index (χ3v) is 5.34. The molecule has 2 N–H and O–H groups in total. The molecule has 0 saturated carbocycles. The van der Waals surface area contributed by atoms with Gasteiger partial charge in [-0.15, -0.1) is 0 Å². The zero-order valence-corrected chi connectivity index (χ0v) is 15.8. The zero-order valence-electron chi connectivity index (χ0n) is 15.8. The summed E-state index contributed by atoms with van der Waals surface area (Å²) in [6, 6.07) is 16.3. The maximum absolute atomic E-state index is 6.24. The number of hydrogen-bond donors (Lipinski definition) is 2. The average Bonchev–Trinajstić information content (AvgIpc) is 3.38. The number of anilines is 1. The summed E-state index contributed by atoms with van der Waals surface area (Å²) in [4.78, 5) is 7.80. The summed E-state index contributed by atoms with van der Waals surface area (Å²) >= 11 is 0. The number of rotatable bonds is 4. The van der Waals surface area contributed by atoms with Crippen molar-refractivity contribution in [1.29, 1.82) is 0 Å². The number of methoxy groups -OCH3 is 1. The van der Waals surface area contributed by atoms with Crippen molar-refractivity contribution in [2.45, 2.75) is 19.4 Å². The fraction of sp³-hybridized carbons (Fsp3) is 0.174. The molecule has 3 heterocycles. The minimum atomic E-state index is 0.0505. The molecule has 2 aromatic carbocycles. The van der Waals surface area contributed by atoms with Crippen LogP contribution in [0.3, 0.4) is 0 Å². The molecule has 0 bridgehead atoms. The topological polar surface area (TPSA) is 62.5 Å². The second kappa shape index (κ2) is 6.60. The van der Waals surface area contributed by atoms with E-state index in [0.29, 0.717) is 0 Å². The Bertz CT molecular complexity index is 1170. The molecular weight excluding hydrogens is 350 g/mol. The third kappa shape index (κ3) is 2.76. The van der Waals surface area contributed by atoms with Crippen LogP contribution < -0.4 is 10.1 Å². The van der Waals surface area contributed by atoms with E-state index in [2.05, 4.69) is 40.4 Å². The van der Waals surface area contributed by atoms with Gasteiger partial charge in [0, 0.05) is 47.1 Å². The van der Waals surface area contributed by atoms with Crippen LogP contribution in [0.25, 0.3) is 22.2 Å². The number of benzene rings is 2. The lowest BCUT2D eigenvalue weighted by Gasteiger charge is -2.21. The van der Waals surface area contributed by atoms with Gasteiger partial charge in [-0.2, -0.15) is 0 Å². The number of furan rings is 1. The first-order valence-corrected chi connectivity index (χ1v) is 9.37. The molecular formula is C23H21N3O2. The molecule has 140 valence electrons. The second-order valence-electron chi connectivity index (χ2n) is 7.01. The molecule has 0 fully saturated rings. The smallest absolute Gasteiger partial charge is 0.152 e. The number of H-pyrrole nitrogens is 1. The summed E-state index contributed by atoms with van der Waals surface area (Å²) in [7, 11) is 1.67. The largest absolute Gasteiger partial charge is 0.497 e. The van der Waals surface area contributed by atoms with E-state index in [-0.39, 0.29) is 6.04 Å². The molecule has 1 aliphatic rings. The van der Waals surface area contributed by atoms with Crippen molar-refractivity contribution in [3.63, 3.8) is 0 Å². The highest BCUT2D eigenvalue weighted by Crippen LogP contribution is 2.40. The highest BCUT2D eigenvalue weighted by molar-refractivity contribution is 5.88. The standard InChI is InChI=1S/C23H21N3O2/c1-14-17-9-11-24-19(17)8-7-18(14)26-20-10-12-25-21-13-22(28-23(20)21)15-3-5-16(27-2)6-4-15/h3-9,11-13,20,24,26H,10H2,1-2H3. The summed E-state index contributed by atoms with van der Waals surface area (Å²) in [5, 5.41) is 4.88. The Hall–Kier alpha value is -3.47. The van der Waals surface area contributed by atoms with Crippen molar-refractivity contribution in [3.8, 4) is 17.1 Å². The molecule has 5 nitrogen and oxygen atoms in total. The van der Waals surface area contributed by atoms with Crippen molar-refractivity contribution < 1.29 is 9.15 Å². The minimum Gasteiger partial charge on any atom is -0.497 e. The first-order chi connectivity index (χ1) is 13.7. The number of fused-ring (bicyclic) bond motifs is 2. The van der Waals surface area contributed by atoms with Crippen LogP contribution in [0.5, 0.6) is 5.75 Å². The van der Waals surface area contributed by atoms with Crippen LogP contribution in [-0.4, -0.2) is 18.3 Å². The Kier molecular flexibility index (Phi) is 3.93. The molecule has 5 heteroatoms. The van der Waals surface area contributed by atoms with Gasteiger partial charge in [0.05, 0.1) is 13.2 Å². The van der Waals surface area contributed by atoms with Crippen LogP contribution in [0.4, 0.5) is 11.4 Å². The zero-order chi connectivity index (χ0) is 19.1. The number of nitrogens with zero attached hydrogens (tertiary/aromatic N) is 1. The van der Waals surface area contributed by atoms with E-state index in [4.69, 9.17) is 9.15 Å². The predicted molar refractivity (Wildman–Crippen MR) is 113 cm³/mol. The van der Waals surface area contributed by atoms with Crippen molar-refractivity contribution in [1.82, 2.24) is 4.98 Å². The number of ether oxygens (including phenoxy) is 1. The van der Waals surface area contributed by atoms with Crippen LogP contribution in [0.2, 0.25) is 0 Å². The van der Waals surface area contributed by atoms with Gasteiger partial charge in [-0.25, -0.2) is 0 Å².